The van der Waals surface area contributed by atoms with Crippen LogP contribution in [0, 0.1) is 0 Å². The van der Waals surface area contributed by atoms with E-state index in [9.17, 15) is 9.59 Å². The number of nitrogens with zero attached hydrogens (tertiary/aromatic N) is 1. The van der Waals surface area contributed by atoms with Crippen molar-refractivity contribution in [2.24, 2.45) is 10.8 Å². The van der Waals surface area contributed by atoms with Gasteiger partial charge >= 0.3 is 5.97 Å². The zero-order valence-electron chi connectivity index (χ0n) is 10.8. The van der Waals surface area contributed by atoms with E-state index in [1.165, 1.54) is 13.1 Å². The maximum atomic E-state index is 11.0. The second-order valence-electron chi connectivity index (χ2n) is 3.89. The smallest absolute Gasteiger partial charge is 0.313 e. The summed E-state index contributed by atoms with van der Waals surface area (Å²) in [5.41, 5.74) is 10.1. The Bertz CT molecular complexity index is 472. The second kappa shape index (κ2) is 7.99. The van der Waals surface area contributed by atoms with Gasteiger partial charge in [-0.2, -0.15) is 5.10 Å². The molecule has 0 aromatic heterocycles. The lowest BCUT2D eigenvalue weighted by Gasteiger charge is -2.02. The molecular formula is C13H17N3O3. The number of benzene rings is 1. The van der Waals surface area contributed by atoms with Crippen LogP contribution in [0.15, 0.2) is 29.4 Å². The molecule has 0 aliphatic rings. The normalized spacial score (nSPS) is 10.4. The summed E-state index contributed by atoms with van der Waals surface area (Å²) >= 11 is 0. The molecule has 6 heteroatoms. The summed E-state index contributed by atoms with van der Waals surface area (Å²) in [7, 11) is 0. The van der Waals surface area contributed by atoms with Crippen LogP contribution >= 0.6 is 0 Å². The average Bonchev–Trinajstić information content (AvgIpc) is 2.37. The SMILES string of the molecule is CC(=O)CC(=O)OC/C=N\Nc1cccc(CN)c1. The highest BCUT2D eigenvalue weighted by Gasteiger charge is 2.04. The summed E-state index contributed by atoms with van der Waals surface area (Å²) in [6.45, 7) is 1.82. The van der Waals surface area contributed by atoms with Crippen molar-refractivity contribution in [2.75, 3.05) is 12.0 Å². The molecule has 0 bridgehead atoms. The van der Waals surface area contributed by atoms with Gasteiger partial charge in [-0.25, -0.2) is 0 Å². The molecule has 3 N–H and O–H groups in total. The summed E-state index contributed by atoms with van der Waals surface area (Å²) in [5.74, 6) is -0.775. The number of nitrogens with two attached hydrogens (primary N) is 1. The number of hydrogen-bond donors (Lipinski definition) is 2. The van der Waals surface area contributed by atoms with Gasteiger partial charge in [0.05, 0.1) is 11.9 Å². The van der Waals surface area contributed by atoms with Crippen LogP contribution in [0.1, 0.15) is 18.9 Å². The van der Waals surface area contributed by atoms with Gasteiger partial charge in [0.1, 0.15) is 18.8 Å². The summed E-state index contributed by atoms with van der Waals surface area (Å²) in [4.78, 5) is 21.7. The zero-order valence-corrected chi connectivity index (χ0v) is 10.8. The molecule has 0 spiro atoms. The Labute approximate surface area is 111 Å². The van der Waals surface area contributed by atoms with Crippen molar-refractivity contribution in [2.45, 2.75) is 19.9 Å². The lowest BCUT2D eigenvalue weighted by atomic mass is 10.2. The molecule has 0 heterocycles. The van der Waals surface area contributed by atoms with E-state index < -0.39 is 5.97 Å². The van der Waals surface area contributed by atoms with E-state index >= 15 is 0 Å². The number of ether oxygens (including phenoxy) is 1. The summed E-state index contributed by atoms with van der Waals surface area (Å²) in [6.07, 6.45) is 1.20. The van der Waals surface area contributed by atoms with Crippen LogP contribution in [-0.2, 0) is 20.9 Å². The molecular weight excluding hydrogens is 246 g/mol. The van der Waals surface area contributed by atoms with Crippen LogP contribution < -0.4 is 11.2 Å². The van der Waals surface area contributed by atoms with Gasteiger partial charge in [0.25, 0.3) is 0 Å². The minimum absolute atomic E-state index is 0.0235. The Kier molecular flexibility index (Phi) is 6.25. The molecule has 6 nitrogen and oxygen atoms in total. The molecule has 0 amide bonds. The molecule has 0 atom stereocenters. The largest absolute Gasteiger partial charge is 0.459 e. The highest BCUT2D eigenvalue weighted by molar-refractivity contribution is 5.94. The second-order valence-corrected chi connectivity index (χ2v) is 3.89. The first kappa shape index (κ1) is 14.8. The third-order valence-corrected chi connectivity index (χ3v) is 2.16. The Hall–Kier alpha value is -2.21. The fourth-order valence-electron chi connectivity index (χ4n) is 1.31. The summed E-state index contributed by atoms with van der Waals surface area (Å²) in [5, 5.41) is 3.89. The van der Waals surface area contributed by atoms with Gasteiger partial charge in [-0.05, 0) is 24.6 Å². The van der Waals surface area contributed by atoms with Crippen molar-refractivity contribution >= 4 is 23.7 Å². The Balaban J connectivity index is 2.30. The number of hydrogen-bond acceptors (Lipinski definition) is 6. The van der Waals surface area contributed by atoms with E-state index in [2.05, 4.69) is 10.5 Å². The number of Topliss-reactive ketones (excluding diaryl/α,β-unsaturated/α-hetero) is 1. The van der Waals surface area contributed by atoms with Gasteiger partial charge in [0.2, 0.25) is 0 Å². The standard InChI is InChI=1S/C13H17N3O3/c1-10(17)7-13(18)19-6-5-15-16-12-4-2-3-11(8-12)9-14/h2-5,8,16H,6-7,9,14H2,1H3/b15-5-. The zero-order chi connectivity index (χ0) is 14.1. The lowest BCUT2D eigenvalue weighted by molar-refractivity contribution is -0.144. The molecule has 19 heavy (non-hydrogen) atoms. The first-order valence-electron chi connectivity index (χ1n) is 5.83. The lowest BCUT2D eigenvalue weighted by Crippen LogP contribution is -2.10. The number of carbonyl (C=O) groups is 2. The minimum atomic E-state index is -0.552. The van der Waals surface area contributed by atoms with Gasteiger partial charge in [-0.1, -0.05) is 12.1 Å². The Morgan fingerprint density at radius 3 is 2.95 bits per heavy atom. The monoisotopic (exact) mass is 263 g/mol. The molecule has 1 aromatic rings. The maximum Gasteiger partial charge on any atom is 0.313 e. The highest BCUT2D eigenvalue weighted by Crippen LogP contribution is 2.09. The fraction of sp³-hybridized carbons (Fsp3) is 0.308. The molecule has 0 fully saturated rings. The third kappa shape index (κ3) is 6.32. The van der Waals surface area contributed by atoms with Crippen LogP contribution in [0.5, 0.6) is 0 Å². The number of esters is 1. The molecule has 102 valence electrons. The number of nitrogens with one attached hydrogen (secondary N) is 1. The van der Waals surface area contributed by atoms with E-state index in [1.807, 2.05) is 24.3 Å². The van der Waals surface area contributed by atoms with Crippen molar-refractivity contribution in [1.29, 1.82) is 0 Å². The number of ketones is 1. The van der Waals surface area contributed by atoms with E-state index in [4.69, 9.17) is 10.5 Å². The Morgan fingerprint density at radius 2 is 2.26 bits per heavy atom. The van der Waals surface area contributed by atoms with Crippen LogP contribution in [0.4, 0.5) is 5.69 Å². The van der Waals surface area contributed by atoms with Gasteiger partial charge < -0.3 is 10.5 Å². The third-order valence-electron chi connectivity index (χ3n) is 2.16. The predicted octanol–water partition coefficient (Wildman–Crippen LogP) is 1.07. The first-order chi connectivity index (χ1) is 9.11. The van der Waals surface area contributed by atoms with E-state index in [0.717, 1.165) is 11.3 Å². The van der Waals surface area contributed by atoms with Gasteiger partial charge in [-0.15, -0.1) is 0 Å². The van der Waals surface area contributed by atoms with E-state index in [-0.39, 0.29) is 18.8 Å². The minimum Gasteiger partial charge on any atom is -0.459 e. The number of rotatable bonds is 7. The summed E-state index contributed by atoms with van der Waals surface area (Å²) in [6, 6.07) is 7.50. The quantitative estimate of drug-likeness (QED) is 0.332. The molecule has 0 aliphatic carbocycles. The molecule has 1 aromatic carbocycles. The van der Waals surface area contributed by atoms with Crippen molar-refractivity contribution in [3.63, 3.8) is 0 Å². The highest BCUT2D eigenvalue weighted by atomic mass is 16.5. The molecule has 0 saturated carbocycles. The van der Waals surface area contributed by atoms with Crippen molar-refractivity contribution in [3.8, 4) is 0 Å². The molecule has 1 rings (SSSR count). The predicted molar refractivity (Wildman–Crippen MR) is 72.7 cm³/mol. The van der Waals surface area contributed by atoms with Crippen LogP contribution in [0.2, 0.25) is 0 Å². The van der Waals surface area contributed by atoms with E-state index in [0.29, 0.717) is 6.54 Å². The van der Waals surface area contributed by atoms with Crippen molar-refractivity contribution in [3.05, 3.63) is 29.8 Å². The van der Waals surface area contributed by atoms with Gasteiger partial charge in [0.15, 0.2) is 0 Å². The van der Waals surface area contributed by atoms with Crippen LogP contribution in [0.25, 0.3) is 0 Å². The fourth-order valence-corrected chi connectivity index (χ4v) is 1.31. The Morgan fingerprint density at radius 1 is 1.47 bits per heavy atom. The van der Waals surface area contributed by atoms with Crippen LogP contribution in [-0.4, -0.2) is 24.6 Å². The molecule has 0 aliphatic heterocycles. The number of anilines is 1. The van der Waals surface area contributed by atoms with Crippen molar-refractivity contribution < 1.29 is 14.3 Å². The first-order valence-corrected chi connectivity index (χ1v) is 5.83. The van der Waals surface area contributed by atoms with E-state index in [1.54, 1.807) is 0 Å². The number of carbonyl (C=O) groups excluding carboxylic acids is 2. The van der Waals surface area contributed by atoms with Gasteiger partial charge in [0, 0.05) is 6.54 Å². The van der Waals surface area contributed by atoms with Crippen molar-refractivity contribution in [1.82, 2.24) is 0 Å². The maximum absolute atomic E-state index is 11.0. The van der Waals surface area contributed by atoms with Gasteiger partial charge in [-0.3, -0.25) is 15.0 Å². The molecule has 0 radical (unpaired) electrons. The molecule has 0 saturated heterocycles. The average molecular weight is 263 g/mol. The topological polar surface area (TPSA) is 93.8 Å². The number of hydrazone groups is 1. The molecule has 0 unspecified atom stereocenters. The summed E-state index contributed by atoms with van der Waals surface area (Å²) < 4.78 is 4.77. The van der Waals surface area contributed by atoms with Crippen LogP contribution in [0.3, 0.4) is 0 Å².